The van der Waals surface area contributed by atoms with Crippen LogP contribution in [0.2, 0.25) is 0 Å². The van der Waals surface area contributed by atoms with E-state index < -0.39 is 0 Å². The summed E-state index contributed by atoms with van der Waals surface area (Å²) in [6.45, 7) is 9.04. The molecule has 0 bridgehead atoms. The highest BCUT2D eigenvalue weighted by Crippen LogP contribution is 2.25. The van der Waals surface area contributed by atoms with Crippen LogP contribution in [-0.2, 0) is 6.42 Å². The Morgan fingerprint density at radius 1 is 1.28 bits per heavy atom. The molecule has 1 amide bonds. The van der Waals surface area contributed by atoms with Crippen molar-refractivity contribution in [2.45, 2.75) is 53.0 Å². The number of hydrogen-bond acceptors (Lipinski definition) is 5. The minimum absolute atomic E-state index is 0.0853. The van der Waals surface area contributed by atoms with Gasteiger partial charge in [-0.1, -0.05) is 19.9 Å². The first-order valence-electron chi connectivity index (χ1n) is 10.2. The maximum atomic E-state index is 13.0. The summed E-state index contributed by atoms with van der Waals surface area (Å²) >= 11 is 0. The quantitative estimate of drug-likeness (QED) is 0.653. The van der Waals surface area contributed by atoms with Crippen LogP contribution in [0, 0.1) is 12.8 Å². The zero-order valence-corrected chi connectivity index (χ0v) is 17.4. The summed E-state index contributed by atoms with van der Waals surface area (Å²) < 4.78 is 7.45. The second kappa shape index (κ2) is 7.81. The number of carbonyl (C=O) groups is 1. The molecule has 29 heavy (non-hydrogen) atoms. The van der Waals surface area contributed by atoms with Crippen molar-refractivity contribution in [1.29, 1.82) is 0 Å². The van der Waals surface area contributed by atoms with E-state index in [4.69, 9.17) is 9.52 Å². The zero-order chi connectivity index (χ0) is 20.5. The van der Waals surface area contributed by atoms with Gasteiger partial charge in [0.15, 0.2) is 0 Å². The molecule has 0 unspecified atom stereocenters. The van der Waals surface area contributed by atoms with Gasteiger partial charge in [-0.15, -0.1) is 10.2 Å². The molecule has 7 nitrogen and oxygen atoms in total. The predicted molar refractivity (Wildman–Crippen MR) is 110 cm³/mol. The molecule has 2 aromatic heterocycles. The summed E-state index contributed by atoms with van der Waals surface area (Å²) in [5.74, 6) is 1.46. The largest absolute Gasteiger partial charge is 0.420 e. The van der Waals surface area contributed by atoms with E-state index in [2.05, 4.69) is 31.0 Å². The van der Waals surface area contributed by atoms with Gasteiger partial charge in [-0.3, -0.25) is 4.79 Å². The van der Waals surface area contributed by atoms with Crippen molar-refractivity contribution in [1.82, 2.24) is 24.9 Å². The van der Waals surface area contributed by atoms with Crippen LogP contribution in [0.15, 0.2) is 34.7 Å². The molecule has 0 radical (unpaired) electrons. The van der Waals surface area contributed by atoms with E-state index in [0.29, 0.717) is 35.0 Å². The number of likely N-dealkylation sites (tertiary alicyclic amines) is 1. The molecule has 1 fully saturated rings. The Bertz CT molecular complexity index is 1020. The summed E-state index contributed by atoms with van der Waals surface area (Å²) in [5, 5.41) is 12.7. The van der Waals surface area contributed by atoms with Crippen LogP contribution in [0.25, 0.3) is 17.3 Å². The van der Waals surface area contributed by atoms with Crippen LogP contribution >= 0.6 is 0 Å². The third-order valence-electron chi connectivity index (χ3n) is 5.30. The SMILES string of the molecule is Cc1nnc(-c2cc(CC(C)C)n(-c3cccc(C(=O)N4CCC[C@@H]4C)c3)n2)o1. The van der Waals surface area contributed by atoms with Crippen LogP contribution < -0.4 is 0 Å². The number of carbonyl (C=O) groups excluding carboxylic acids is 1. The Labute approximate surface area is 170 Å². The monoisotopic (exact) mass is 393 g/mol. The molecule has 1 aliphatic rings. The molecule has 1 aromatic carbocycles. The van der Waals surface area contributed by atoms with Crippen molar-refractivity contribution >= 4 is 5.91 Å². The van der Waals surface area contributed by atoms with Crippen molar-refractivity contribution in [3.05, 3.63) is 47.5 Å². The van der Waals surface area contributed by atoms with E-state index in [1.807, 2.05) is 39.9 Å². The highest BCUT2D eigenvalue weighted by molar-refractivity contribution is 5.95. The molecule has 0 spiro atoms. The number of hydrogen-bond donors (Lipinski definition) is 0. The third kappa shape index (κ3) is 3.95. The molecule has 1 saturated heterocycles. The second-order valence-electron chi connectivity index (χ2n) is 8.20. The number of aryl methyl sites for hydroxylation is 1. The van der Waals surface area contributed by atoms with Crippen LogP contribution in [0.4, 0.5) is 0 Å². The maximum absolute atomic E-state index is 13.0. The van der Waals surface area contributed by atoms with E-state index in [-0.39, 0.29) is 5.91 Å². The number of nitrogens with zero attached hydrogens (tertiary/aromatic N) is 5. The fourth-order valence-electron chi connectivity index (χ4n) is 3.88. The van der Waals surface area contributed by atoms with Gasteiger partial charge in [0.1, 0.15) is 5.69 Å². The van der Waals surface area contributed by atoms with Gasteiger partial charge in [-0.05, 0) is 56.4 Å². The van der Waals surface area contributed by atoms with E-state index in [1.54, 1.807) is 6.92 Å². The normalized spacial score (nSPS) is 16.7. The minimum Gasteiger partial charge on any atom is -0.420 e. The molecule has 7 heteroatoms. The van der Waals surface area contributed by atoms with Crippen molar-refractivity contribution in [3.63, 3.8) is 0 Å². The molecule has 0 N–H and O–H groups in total. The van der Waals surface area contributed by atoms with E-state index in [1.165, 1.54) is 0 Å². The molecular weight excluding hydrogens is 366 g/mol. The van der Waals surface area contributed by atoms with Gasteiger partial charge in [0.2, 0.25) is 5.89 Å². The van der Waals surface area contributed by atoms with Crippen LogP contribution in [0.3, 0.4) is 0 Å². The van der Waals surface area contributed by atoms with Gasteiger partial charge in [-0.25, -0.2) is 4.68 Å². The first-order chi connectivity index (χ1) is 13.9. The van der Waals surface area contributed by atoms with Crippen molar-refractivity contribution < 1.29 is 9.21 Å². The zero-order valence-electron chi connectivity index (χ0n) is 17.4. The molecule has 4 rings (SSSR count). The van der Waals surface area contributed by atoms with Crippen molar-refractivity contribution in [2.24, 2.45) is 5.92 Å². The predicted octanol–water partition coefficient (Wildman–Crippen LogP) is 4.05. The van der Waals surface area contributed by atoms with Crippen molar-refractivity contribution in [2.75, 3.05) is 6.54 Å². The summed E-state index contributed by atoms with van der Waals surface area (Å²) in [6.07, 6.45) is 2.98. The lowest BCUT2D eigenvalue weighted by Crippen LogP contribution is -2.33. The fraction of sp³-hybridized carbons (Fsp3) is 0.455. The molecule has 0 aliphatic carbocycles. The molecule has 152 valence electrons. The van der Waals surface area contributed by atoms with Gasteiger partial charge in [0.05, 0.1) is 5.69 Å². The Morgan fingerprint density at radius 2 is 2.10 bits per heavy atom. The lowest BCUT2D eigenvalue weighted by atomic mass is 10.1. The summed E-state index contributed by atoms with van der Waals surface area (Å²) in [4.78, 5) is 15.0. The first kappa shape index (κ1) is 19.4. The molecule has 3 aromatic rings. The average molecular weight is 393 g/mol. The molecule has 0 saturated carbocycles. The Balaban J connectivity index is 1.71. The van der Waals surface area contributed by atoms with E-state index in [9.17, 15) is 4.79 Å². The lowest BCUT2D eigenvalue weighted by molar-refractivity contribution is 0.0747. The highest BCUT2D eigenvalue weighted by Gasteiger charge is 2.26. The second-order valence-corrected chi connectivity index (χ2v) is 8.20. The fourth-order valence-corrected chi connectivity index (χ4v) is 3.88. The third-order valence-corrected chi connectivity index (χ3v) is 5.30. The topological polar surface area (TPSA) is 77.1 Å². The van der Waals surface area contributed by atoms with E-state index in [0.717, 1.165) is 37.2 Å². The van der Waals surface area contributed by atoms with Crippen molar-refractivity contribution in [3.8, 4) is 17.3 Å². The van der Waals surface area contributed by atoms with Gasteiger partial charge >= 0.3 is 0 Å². The summed E-state index contributed by atoms with van der Waals surface area (Å²) in [7, 11) is 0. The lowest BCUT2D eigenvalue weighted by Gasteiger charge is -2.21. The average Bonchev–Trinajstić information content (AvgIpc) is 3.41. The Morgan fingerprint density at radius 3 is 2.76 bits per heavy atom. The number of benzene rings is 1. The number of aromatic nitrogens is 4. The Hall–Kier alpha value is -2.96. The molecule has 1 aliphatic heterocycles. The van der Waals surface area contributed by atoms with Gasteiger partial charge in [-0.2, -0.15) is 5.10 Å². The summed E-state index contributed by atoms with van der Waals surface area (Å²) in [6, 6.07) is 9.98. The Kier molecular flexibility index (Phi) is 5.22. The molecular formula is C22H27N5O2. The van der Waals surface area contributed by atoms with E-state index >= 15 is 0 Å². The molecule has 1 atom stereocenters. The maximum Gasteiger partial charge on any atom is 0.268 e. The highest BCUT2D eigenvalue weighted by atomic mass is 16.4. The van der Waals surface area contributed by atoms with Gasteiger partial charge in [0, 0.05) is 30.8 Å². The minimum atomic E-state index is 0.0853. The summed E-state index contributed by atoms with van der Waals surface area (Å²) in [5.41, 5.74) is 3.24. The van der Waals surface area contributed by atoms with Crippen LogP contribution in [-0.4, -0.2) is 43.4 Å². The van der Waals surface area contributed by atoms with Crippen LogP contribution in [0.1, 0.15) is 55.6 Å². The standard InChI is InChI=1S/C22H27N5O2/c1-14(2)11-19-13-20(21-24-23-16(4)29-21)25-27(19)18-9-5-8-17(12-18)22(28)26-10-6-7-15(26)3/h5,8-9,12-15H,6-7,10-11H2,1-4H3/t15-/m0/s1. The smallest absolute Gasteiger partial charge is 0.268 e. The first-order valence-corrected chi connectivity index (χ1v) is 10.2. The van der Waals surface area contributed by atoms with Gasteiger partial charge in [0.25, 0.3) is 11.8 Å². The number of amides is 1. The van der Waals surface area contributed by atoms with Gasteiger partial charge < -0.3 is 9.32 Å². The molecule has 3 heterocycles. The number of rotatable bonds is 5. The van der Waals surface area contributed by atoms with Crippen LogP contribution in [0.5, 0.6) is 0 Å².